The molecule has 2 heterocycles. The number of benzene rings is 2. The average Bonchev–Trinajstić information content (AvgIpc) is 3.65. The first-order valence-electron chi connectivity index (χ1n) is 14.1. The van der Waals surface area contributed by atoms with Crippen LogP contribution < -0.4 is 21.7 Å². The number of carboxylic acids is 1. The van der Waals surface area contributed by atoms with Crippen molar-refractivity contribution < 1.29 is 24.3 Å². The zero-order chi connectivity index (χ0) is 30.9. The number of para-hydroxylation sites is 1. The highest BCUT2D eigenvalue weighted by Gasteiger charge is 2.32. The summed E-state index contributed by atoms with van der Waals surface area (Å²) in [5, 5.41) is 18.6. The minimum absolute atomic E-state index is 0.0219. The third-order valence-electron chi connectivity index (χ3n) is 7.21. The van der Waals surface area contributed by atoms with Crippen molar-refractivity contribution in [2.75, 3.05) is 0 Å². The summed E-state index contributed by atoms with van der Waals surface area (Å²) < 4.78 is 0. The quantitative estimate of drug-likeness (QED) is 0.116. The molecule has 0 aliphatic heterocycles. The van der Waals surface area contributed by atoms with Gasteiger partial charge in [-0.1, -0.05) is 62.4 Å². The number of fused-ring (bicyclic) bond motifs is 1. The number of aromatic nitrogens is 3. The summed E-state index contributed by atoms with van der Waals surface area (Å²) in [6.07, 6.45) is 5.16. The fraction of sp³-hybridized carbons (Fsp3) is 0.323. The summed E-state index contributed by atoms with van der Waals surface area (Å²) in [7, 11) is 0. The van der Waals surface area contributed by atoms with Gasteiger partial charge in [0.05, 0.1) is 12.4 Å². The molecule has 4 aromatic rings. The first-order chi connectivity index (χ1) is 20.6. The number of hydrogen-bond acceptors (Lipinski definition) is 6. The predicted molar refractivity (Wildman–Crippen MR) is 161 cm³/mol. The third-order valence-corrected chi connectivity index (χ3v) is 7.21. The maximum Gasteiger partial charge on any atom is 0.326 e. The summed E-state index contributed by atoms with van der Waals surface area (Å²) in [5.41, 5.74) is 9.44. The van der Waals surface area contributed by atoms with Crippen LogP contribution in [0.5, 0.6) is 0 Å². The lowest BCUT2D eigenvalue weighted by molar-refractivity contribution is -0.143. The molecule has 0 aliphatic rings. The molecule has 0 spiro atoms. The van der Waals surface area contributed by atoms with Crippen molar-refractivity contribution in [2.24, 2.45) is 11.7 Å². The number of imidazole rings is 1. The lowest BCUT2D eigenvalue weighted by Gasteiger charge is -2.26. The Kier molecular flexibility index (Phi) is 10.3. The lowest BCUT2D eigenvalue weighted by atomic mass is 10.0. The van der Waals surface area contributed by atoms with E-state index >= 15 is 0 Å². The average molecular weight is 588 g/mol. The summed E-state index contributed by atoms with van der Waals surface area (Å²) in [6, 6.07) is 12.5. The number of hydrogen-bond donors (Lipinski definition) is 7. The molecule has 0 radical (unpaired) electrons. The first-order valence-corrected chi connectivity index (χ1v) is 14.1. The van der Waals surface area contributed by atoms with E-state index < -0.39 is 53.8 Å². The van der Waals surface area contributed by atoms with Crippen molar-refractivity contribution in [1.29, 1.82) is 0 Å². The van der Waals surface area contributed by atoms with Gasteiger partial charge in [0, 0.05) is 41.8 Å². The minimum atomic E-state index is -1.19. The molecule has 4 rings (SSSR count). The molecule has 43 heavy (non-hydrogen) atoms. The fourth-order valence-electron chi connectivity index (χ4n) is 4.83. The van der Waals surface area contributed by atoms with Gasteiger partial charge in [0.2, 0.25) is 17.7 Å². The summed E-state index contributed by atoms with van der Waals surface area (Å²) in [6.45, 7) is 3.35. The van der Waals surface area contributed by atoms with Crippen LogP contribution in [0.15, 0.2) is 73.3 Å². The Morgan fingerprint density at radius 3 is 2.16 bits per heavy atom. The standard InChI is InChI=1S/C31H37N7O5/c1-18(2)27(31(42)43)38-30(41)26(14-21-16-33-17-35-21)37-29(40)25(12-19-8-4-3-5-9-19)36-28(39)23(32)13-20-15-34-24-11-7-6-10-22(20)24/h3-11,15-18,23,25-27,34H,12-14,32H2,1-2H3,(H,33,35)(H,36,39)(H,37,40)(H,38,41)(H,42,43). The van der Waals surface area contributed by atoms with Gasteiger partial charge in [-0.2, -0.15) is 0 Å². The third kappa shape index (κ3) is 8.29. The topological polar surface area (TPSA) is 195 Å². The van der Waals surface area contributed by atoms with Gasteiger partial charge in [-0.05, 0) is 29.5 Å². The van der Waals surface area contributed by atoms with Crippen LogP contribution in [0.2, 0.25) is 0 Å². The van der Waals surface area contributed by atoms with Gasteiger partial charge >= 0.3 is 5.97 Å². The lowest BCUT2D eigenvalue weighted by Crippen LogP contribution is -2.58. The number of aliphatic carboxylic acids is 1. The second-order valence-electron chi connectivity index (χ2n) is 10.8. The van der Waals surface area contributed by atoms with E-state index in [-0.39, 0.29) is 19.3 Å². The Morgan fingerprint density at radius 2 is 1.49 bits per heavy atom. The van der Waals surface area contributed by atoms with Crippen LogP contribution in [0.1, 0.15) is 30.7 Å². The van der Waals surface area contributed by atoms with Crippen molar-refractivity contribution in [3.8, 4) is 0 Å². The van der Waals surface area contributed by atoms with Crippen molar-refractivity contribution in [2.45, 2.75) is 57.3 Å². The van der Waals surface area contributed by atoms with Crippen LogP contribution in [-0.4, -0.2) is 67.9 Å². The normalized spacial score (nSPS) is 14.0. The molecule has 226 valence electrons. The van der Waals surface area contributed by atoms with E-state index in [1.807, 2.05) is 60.8 Å². The van der Waals surface area contributed by atoms with E-state index in [1.54, 1.807) is 13.8 Å². The summed E-state index contributed by atoms with van der Waals surface area (Å²) >= 11 is 0. The molecule has 0 saturated carbocycles. The number of carbonyl (C=O) groups excluding carboxylic acids is 3. The number of nitrogens with zero attached hydrogens (tertiary/aromatic N) is 1. The molecule has 3 amide bonds. The van der Waals surface area contributed by atoms with E-state index in [0.29, 0.717) is 5.69 Å². The molecule has 4 atom stereocenters. The second kappa shape index (κ2) is 14.3. The molecule has 2 aromatic heterocycles. The Balaban J connectivity index is 1.52. The highest BCUT2D eigenvalue weighted by Crippen LogP contribution is 2.19. The van der Waals surface area contributed by atoms with Crippen LogP contribution in [0.3, 0.4) is 0 Å². The maximum atomic E-state index is 13.7. The van der Waals surface area contributed by atoms with Crippen LogP contribution >= 0.6 is 0 Å². The molecule has 0 saturated heterocycles. The van der Waals surface area contributed by atoms with Crippen LogP contribution in [0.25, 0.3) is 10.9 Å². The van der Waals surface area contributed by atoms with Crippen molar-refractivity contribution in [1.82, 2.24) is 30.9 Å². The first kappa shape index (κ1) is 31.0. The fourth-order valence-corrected chi connectivity index (χ4v) is 4.83. The zero-order valence-corrected chi connectivity index (χ0v) is 24.0. The summed E-state index contributed by atoms with van der Waals surface area (Å²) in [4.78, 5) is 62.1. The van der Waals surface area contributed by atoms with E-state index in [0.717, 1.165) is 22.0 Å². The maximum absolute atomic E-state index is 13.7. The number of carbonyl (C=O) groups is 4. The number of rotatable bonds is 14. The monoisotopic (exact) mass is 587 g/mol. The SMILES string of the molecule is CC(C)C(NC(=O)C(Cc1cnc[nH]1)NC(=O)C(Cc1ccccc1)NC(=O)C(N)Cc1c[nH]c2ccccc12)C(=O)O. The molecule has 12 heteroatoms. The Bertz CT molecular complexity index is 1530. The van der Waals surface area contributed by atoms with E-state index in [9.17, 15) is 24.3 Å². The molecule has 0 bridgehead atoms. The van der Waals surface area contributed by atoms with E-state index in [2.05, 4.69) is 30.9 Å². The number of aromatic amines is 2. The molecular weight excluding hydrogens is 550 g/mol. The van der Waals surface area contributed by atoms with Gasteiger partial charge in [-0.15, -0.1) is 0 Å². The number of nitrogens with two attached hydrogens (primary N) is 1. The predicted octanol–water partition coefficient (Wildman–Crippen LogP) is 1.44. The molecule has 0 aliphatic carbocycles. The van der Waals surface area contributed by atoms with Gasteiger partial charge < -0.3 is 36.8 Å². The van der Waals surface area contributed by atoms with E-state index in [4.69, 9.17) is 5.73 Å². The van der Waals surface area contributed by atoms with Gasteiger partial charge in [0.1, 0.15) is 18.1 Å². The van der Waals surface area contributed by atoms with E-state index in [1.165, 1.54) is 12.5 Å². The molecule has 4 unspecified atom stereocenters. The molecule has 12 nitrogen and oxygen atoms in total. The van der Waals surface area contributed by atoms with Crippen molar-refractivity contribution >= 4 is 34.6 Å². The molecule has 2 aromatic carbocycles. The highest BCUT2D eigenvalue weighted by atomic mass is 16.4. The number of nitrogens with one attached hydrogen (secondary N) is 5. The molecular formula is C31H37N7O5. The number of H-pyrrole nitrogens is 2. The Labute approximate surface area is 248 Å². The van der Waals surface area contributed by atoms with Gasteiger partial charge in [0.15, 0.2) is 0 Å². The Morgan fingerprint density at radius 1 is 0.837 bits per heavy atom. The van der Waals surface area contributed by atoms with Crippen LogP contribution in [0, 0.1) is 5.92 Å². The minimum Gasteiger partial charge on any atom is -0.480 e. The summed E-state index contributed by atoms with van der Waals surface area (Å²) in [5.74, 6) is -3.40. The molecule has 8 N–H and O–H groups in total. The Hall–Kier alpha value is -4.97. The number of carboxylic acid groups (broad SMARTS) is 1. The van der Waals surface area contributed by atoms with Crippen LogP contribution in [-0.2, 0) is 38.4 Å². The van der Waals surface area contributed by atoms with Gasteiger partial charge in [-0.25, -0.2) is 9.78 Å². The largest absolute Gasteiger partial charge is 0.480 e. The zero-order valence-electron chi connectivity index (χ0n) is 24.0. The van der Waals surface area contributed by atoms with Gasteiger partial charge in [-0.3, -0.25) is 14.4 Å². The highest BCUT2D eigenvalue weighted by molar-refractivity contribution is 5.94. The molecule has 0 fully saturated rings. The van der Waals surface area contributed by atoms with Crippen molar-refractivity contribution in [3.05, 3.63) is 90.1 Å². The smallest absolute Gasteiger partial charge is 0.326 e. The van der Waals surface area contributed by atoms with Crippen LogP contribution in [0.4, 0.5) is 0 Å². The second-order valence-corrected chi connectivity index (χ2v) is 10.8. The number of amides is 3. The van der Waals surface area contributed by atoms with Crippen molar-refractivity contribution in [3.63, 3.8) is 0 Å². The van der Waals surface area contributed by atoms with Gasteiger partial charge in [0.25, 0.3) is 0 Å².